The average Bonchev–Trinajstić information content (AvgIpc) is 2.09. The lowest BCUT2D eigenvalue weighted by molar-refractivity contribution is -0.388. The smallest absolute Gasteiger partial charge is 0.258 e. The minimum atomic E-state index is -0.596. The van der Waals surface area contributed by atoms with Crippen molar-refractivity contribution < 1.29 is 9.31 Å². The highest BCUT2D eigenvalue weighted by molar-refractivity contribution is 9.10. The Balaban J connectivity index is 3.38. The number of hydrogen-bond acceptors (Lipinski definition) is 3. The highest BCUT2D eigenvalue weighted by Gasteiger charge is 2.19. The fourth-order valence-electron chi connectivity index (χ4n) is 0.860. The molecule has 0 saturated heterocycles. The summed E-state index contributed by atoms with van der Waals surface area (Å²) in [6.45, 7) is 0. The van der Waals surface area contributed by atoms with Gasteiger partial charge in [0.05, 0.1) is 9.40 Å². The van der Waals surface area contributed by atoms with Gasteiger partial charge < -0.3 is 0 Å². The lowest BCUT2D eigenvalue weighted by Gasteiger charge is -2.01. The lowest BCUT2D eigenvalue weighted by atomic mass is 10.3. The Morgan fingerprint density at radius 2 is 2.23 bits per heavy atom. The van der Waals surface area contributed by atoms with Crippen LogP contribution in [-0.2, 0) is 0 Å². The van der Waals surface area contributed by atoms with Gasteiger partial charge in [-0.05, 0) is 28.3 Å². The second-order valence-corrected chi connectivity index (χ2v) is 3.84. The van der Waals surface area contributed by atoms with E-state index in [0.29, 0.717) is 0 Å². The molecule has 1 aromatic carbocycles. The molecule has 0 N–H and O–H groups in total. The van der Waals surface area contributed by atoms with Crippen molar-refractivity contribution in [3.63, 3.8) is 0 Å². The average molecular weight is 266 g/mol. The van der Waals surface area contributed by atoms with Crippen molar-refractivity contribution in [2.45, 2.75) is 4.90 Å². The summed E-state index contributed by atoms with van der Waals surface area (Å²) in [5.41, 5.74) is -0.201. The molecular weight excluding hydrogens is 261 g/mol. The highest BCUT2D eigenvalue weighted by Crippen LogP contribution is 2.33. The Bertz CT molecular complexity index is 359. The van der Waals surface area contributed by atoms with Crippen molar-refractivity contribution in [3.8, 4) is 0 Å². The van der Waals surface area contributed by atoms with Crippen molar-refractivity contribution in [1.82, 2.24) is 0 Å². The largest absolute Gasteiger partial charge is 0.285 e. The monoisotopic (exact) mass is 265 g/mol. The van der Waals surface area contributed by atoms with Gasteiger partial charge in [0.25, 0.3) is 5.69 Å². The second-order valence-electron chi connectivity index (χ2n) is 2.17. The van der Waals surface area contributed by atoms with Crippen molar-refractivity contribution in [2.24, 2.45) is 0 Å². The van der Waals surface area contributed by atoms with Crippen LogP contribution in [0.1, 0.15) is 0 Å². The van der Waals surface area contributed by atoms with Gasteiger partial charge in [-0.3, -0.25) is 10.1 Å². The summed E-state index contributed by atoms with van der Waals surface area (Å²) in [5, 5.41) is 10.5. The molecule has 0 spiro atoms. The van der Waals surface area contributed by atoms with E-state index in [9.17, 15) is 14.5 Å². The number of rotatable bonds is 2. The second kappa shape index (κ2) is 4.06. The molecule has 13 heavy (non-hydrogen) atoms. The molecule has 0 atom stereocenters. The van der Waals surface area contributed by atoms with Gasteiger partial charge in [-0.1, -0.05) is 0 Å². The zero-order chi connectivity index (χ0) is 10.0. The maximum Gasteiger partial charge on any atom is 0.285 e. The number of nitro groups is 1. The van der Waals surface area contributed by atoms with Crippen LogP contribution in [0.5, 0.6) is 0 Å². The van der Waals surface area contributed by atoms with Crippen LogP contribution in [0.2, 0.25) is 0 Å². The quantitative estimate of drug-likeness (QED) is 0.469. The maximum absolute atomic E-state index is 13.3. The molecule has 6 heteroatoms. The Morgan fingerprint density at radius 3 is 2.69 bits per heavy atom. The molecule has 0 bridgehead atoms. The first kappa shape index (κ1) is 10.5. The van der Waals surface area contributed by atoms with Gasteiger partial charge in [-0.25, -0.2) is 4.39 Å². The van der Waals surface area contributed by atoms with Gasteiger partial charge in [0.15, 0.2) is 5.82 Å². The molecule has 0 radical (unpaired) electrons. The van der Waals surface area contributed by atoms with E-state index in [1.165, 1.54) is 12.1 Å². The number of benzene rings is 1. The fourth-order valence-corrected chi connectivity index (χ4v) is 1.96. The normalized spacial score (nSPS) is 10.1. The highest BCUT2D eigenvalue weighted by atomic mass is 79.9. The minimum Gasteiger partial charge on any atom is -0.258 e. The van der Waals surface area contributed by atoms with Crippen LogP contribution in [0.4, 0.5) is 10.1 Å². The molecule has 1 aromatic rings. The van der Waals surface area contributed by atoms with Crippen LogP contribution in [0.3, 0.4) is 0 Å². The first-order chi connectivity index (χ1) is 6.07. The SMILES string of the molecule is CSc1c([N+](=O)[O-])ccc(Br)c1F. The van der Waals surface area contributed by atoms with Gasteiger partial charge in [0, 0.05) is 6.07 Å². The van der Waals surface area contributed by atoms with Crippen LogP contribution >= 0.6 is 27.7 Å². The van der Waals surface area contributed by atoms with Crippen molar-refractivity contribution in [1.29, 1.82) is 0 Å². The standard InChI is InChI=1S/C7H5BrFNO2S/c1-13-7-5(10(11)12)3-2-4(8)6(7)9/h2-3H,1H3. The maximum atomic E-state index is 13.3. The molecule has 0 heterocycles. The van der Waals surface area contributed by atoms with Gasteiger partial charge >= 0.3 is 0 Å². The summed E-state index contributed by atoms with van der Waals surface area (Å²) in [6, 6.07) is 2.60. The first-order valence-electron chi connectivity index (χ1n) is 3.24. The molecule has 0 fully saturated rings. The molecule has 0 aromatic heterocycles. The number of thioether (sulfide) groups is 1. The summed E-state index contributed by atoms with van der Waals surface area (Å²) in [5.74, 6) is -0.582. The van der Waals surface area contributed by atoms with Crippen LogP contribution in [0.25, 0.3) is 0 Å². The Hall–Kier alpha value is -0.620. The Morgan fingerprint density at radius 1 is 1.62 bits per heavy atom. The molecule has 1 rings (SSSR count). The van der Waals surface area contributed by atoms with E-state index in [1.54, 1.807) is 6.26 Å². The van der Waals surface area contributed by atoms with E-state index in [2.05, 4.69) is 15.9 Å². The van der Waals surface area contributed by atoms with Crippen molar-refractivity contribution in [3.05, 3.63) is 32.5 Å². The summed E-state index contributed by atoms with van der Waals surface area (Å²) < 4.78 is 13.5. The minimum absolute atomic E-state index is 0.0550. The summed E-state index contributed by atoms with van der Waals surface area (Å²) >= 11 is 3.98. The summed E-state index contributed by atoms with van der Waals surface area (Å²) in [4.78, 5) is 9.91. The number of hydrogen-bond donors (Lipinski definition) is 0. The first-order valence-corrected chi connectivity index (χ1v) is 5.26. The van der Waals surface area contributed by atoms with Crippen LogP contribution in [-0.4, -0.2) is 11.2 Å². The van der Waals surface area contributed by atoms with Crippen molar-refractivity contribution >= 4 is 33.4 Å². The van der Waals surface area contributed by atoms with Crippen LogP contribution in [0, 0.1) is 15.9 Å². The van der Waals surface area contributed by atoms with Gasteiger partial charge in [0.1, 0.15) is 4.90 Å². The fraction of sp³-hybridized carbons (Fsp3) is 0.143. The topological polar surface area (TPSA) is 43.1 Å². The van der Waals surface area contributed by atoms with Crippen molar-refractivity contribution in [2.75, 3.05) is 6.26 Å². The van der Waals surface area contributed by atoms with E-state index < -0.39 is 10.7 Å². The molecular formula is C7H5BrFNO2S. The van der Waals surface area contributed by atoms with E-state index in [4.69, 9.17) is 0 Å². The Kier molecular flexibility index (Phi) is 3.27. The molecule has 3 nitrogen and oxygen atoms in total. The number of nitro benzene ring substituents is 1. The zero-order valence-corrected chi connectivity index (χ0v) is 8.99. The van der Waals surface area contributed by atoms with Gasteiger partial charge in [-0.2, -0.15) is 0 Å². The Labute approximate surface area is 86.6 Å². The van der Waals surface area contributed by atoms with Gasteiger partial charge in [-0.15, -0.1) is 11.8 Å². The van der Waals surface area contributed by atoms with Crippen LogP contribution < -0.4 is 0 Å². The predicted molar refractivity (Wildman–Crippen MR) is 52.5 cm³/mol. The van der Waals surface area contributed by atoms with E-state index >= 15 is 0 Å². The molecule has 0 aliphatic carbocycles. The molecule has 0 saturated carbocycles. The lowest BCUT2D eigenvalue weighted by Crippen LogP contribution is -1.93. The molecule has 0 amide bonds. The third-order valence-corrected chi connectivity index (χ3v) is 2.84. The molecule has 0 unspecified atom stereocenters. The molecule has 0 aliphatic rings. The zero-order valence-electron chi connectivity index (χ0n) is 6.58. The molecule has 70 valence electrons. The predicted octanol–water partition coefficient (Wildman–Crippen LogP) is 3.22. The van der Waals surface area contributed by atoms with E-state index in [-0.39, 0.29) is 15.1 Å². The van der Waals surface area contributed by atoms with Crippen LogP contribution in [0.15, 0.2) is 21.5 Å². The van der Waals surface area contributed by atoms with E-state index in [1.807, 2.05) is 0 Å². The summed E-state index contributed by atoms with van der Waals surface area (Å²) in [7, 11) is 0. The summed E-state index contributed by atoms with van der Waals surface area (Å²) in [6.07, 6.45) is 1.60. The van der Waals surface area contributed by atoms with E-state index in [0.717, 1.165) is 11.8 Å². The molecule has 0 aliphatic heterocycles. The third-order valence-electron chi connectivity index (χ3n) is 1.43. The number of nitrogens with zero attached hydrogens (tertiary/aromatic N) is 1. The number of halogens is 2. The van der Waals surface area contributed by atoms with Gasteiger partial charge in [0.2, 0.25) is 0 Å². The third kappa shape index (κ3) is 2.00.